The molecule has 1 atom stereocenters. The molecular formula is C17H29N3O3. The Morgan fingerprint density at radius 1 is 1.30 bits per heavy atom. The molecule has 0 aromatic carbocycles. The highest BCUT2D eigenvalue weighted by molar-refractivity contribution is 5.79. The van der Waals surface area contributed by atoms with E-state index in [1.807, 2.05) is 4.90 Å². The minimum Gasteiger partial charge on any atom is -0.373 e. The molecule has 2 amide bonds. The second-order valence-electron chi connectivity index (χ2n) is 7.15. The third kappa shape index (κ3) is 4.44. The van der Waals surface area contributed by atoms with E-state index in [0.717, 1.165) is 58.2 Å². The molecule has 2 N–H and O–H groups in total. The van der Waals surface area contributed by atoms with Crippen molar-refractivity contribution in [2.75, 3.05) is 32.8 Å². The van der Waals surface area contributed by atoms with Crippen molar-refractivity contribution >= 4 is 11.8 Å². The fraction of sp³-hybridized carbons (Fsp3) is 0.882. The van der Waals surface area contributed by atoms with Crippen LogP contribution in [0.1, 0.15) is 51.4 Å². The highest BCUT2D eigenvalue weighted by Gasteiger charge is 2.41. The maximum absolute atomic E-state index is 12.2. The van der Waals surface area contributed by atoms with Gasteiger partial charge in [-0.3, -0.25) is 9.59 Å². The molecule has 130 valence electrons. The summed E-state index contributed by atoms with van der Waals surface area (Å²) in [5.41, 5.74) is -0.0239. The number of hydrogen-bond donors (Lipinski definition) is 2. The Hall–Kier alpha value is -1.14. The van der Waals surface area contributed by atoms with E-state index in [1.54, 1.807) is 0 Å². The summed E-state index contributed by atoms with van der Waals surface area (Å²) in [4.78, 5) is 26.0. The molecule has 23 heavy (non-hydrogen) atoms. The van der Waals surface area contributed by atoms with Crippen LogP contribution >= 0.6 is 0 Å². The molecule has 0 radical (unpaired) electrons. The van der Waals surface area contributed by atoms with Gasteiger partial charge in [-0.1, -0.05) is 6.42 Å². The Balaban J connectivity index is 1.40. The second kappa shape index (κ2) is 7.62. The van der Waals surface area contributed by atoms with Crippen LogP contribution in [-0.4, -0.2) is 61.1 Å². The number of likely N-dealkylation sites (tertiary alicyclic amines) is 1. The maximum atomic E-state index is 12.2. The maximum Gasteiger partial charge on any atom is 0.222 e. The molecule has 3 aliphatic rings. The van der Waals surface area contributed by atoms with Gasteiger partial charge in [0.15, 0.2) is 0 Å². The van der Waals surface area contributed by atoms with Gasteiger partial charge in [0.25, 0.3) is 0 Å². The molecule has 3 rings (SSSR count). The van der Waals surface area contributed by atoms with Crippen molar-refractivity contribution in [3.05, 3.63) is 0 Å². The van der Waals surface area contributed by atoms with Gasteiger partial charge >= 0.3 is 0 Å². The Bertz CT molecular complexity index is 435. The van der Waals surface area contributed by atoms with Crippen LogP contribution < -0.4 is 10.6 Å². The summed E-state index contributed by atoms with van der Waals surface area (Å²) in [6, 6.07) is 0.125. The van der Waals surface area contributed by atoms with Crippen molar-refractivity contribution < 1.29 is 14.3 Å². The van der Waals surface area contributed by atoms with E-state index in [-0.39, 0.29) is 23.5 Å². The SMILES string of the molecule is O=C(CCN1CCCCCC1=O)NC1COC2(CCNCC2)C1. The van der Waals surface area contributed by atoms with Crippen LogP contribution in [0.3, 0.4) is 0 Å². The third-order valence-electron chi connectivity index (χ3n) is 5.37. The van der Waals surface area contributed by atoms with Gasteiger partial charge in [-0.15, -0.1) is 0 Å². The Morgan fingerprint density at radius 2 is 2.13 bits per heavy atom. The first kappa shape index (κ1) is 16.7. The van der Waals surface area contributed by atoms with E-state index in [4.69, 9.17) is 4.74 Å². The lowest BCUT2D eigenvalue weighted by Gasteiger charge is -2.32. The average Bonchev–Trinajstić information content (AvgIpc) is 2.79. The molecule has 3 fully saturated rings. The summed E-state index contributed by atoms with van der Waals surface area (Å²) in [6.07, 6.45) is 7.17. The van der Waals surface area contributed by atoms with Crippen molar-refractivity contribution in [3.8, 4) is 0 Å². The molecule has 6 nitrogen and oxygen atoms in total. The van der Waals surface area contributed by atoms with Gasteiger partial charge in [0, 0.05) is 25.9 Å². The van der Waals surface area contributed by atoms with E-state index >= 15 is 0 Å². The predicted octanol–water partition coefficient (Wildman–Crippen LogP) is 0.806. The standard InChI is InChI=1S/C17H29N3O3/c21-15(5-11-20-10-3-1-2-4-16(20)22)19-14-12-17(23-13-14)6-8-18-9-7-17/h14,18H,1-13H2,(H,19,21). The van der Waals surface area contributed by atoms with Gasteiger partial charge in [0.1, 0.15) is 0 Å². The fourth-order valence-electron chi connectivity index (χ4n) is 3.98. The van der Waals surface area contributed by atoms with Crippen LogP contribution in [0, 0.1) is 0 Å². The number of carbonyl (C=O) groups is 2. The summed E-state index contributed by atoms with van der Waals surface area (Å²) >= 11 is 0. The lowest BCUT2D eigenvalue weighted by molar-refractivity contribution is -0.131. The van der Waals surface area contributed by atoms with Crippen LogP contribution in [0.5, 0.6) is 0 Å². The normalized spacial score (nSPS) is 27.9. The fourth-order valence-corrected chi connectivity index (χ4v) is 3.98. The number of piperidine rings is 1. The Morgan fingerprint density at radius 3 is 2.96 bits per heavy atom. The number of ether oxygens (including phenoxy) is 1. The molecular weight excluding hydrogens is 294 g/mol. The third-order valence-corrected chi connectivity index (χ3v) is 5.37. The van der Waals surface area contributed by atoms with E-state index in [1.165, 1.54) is 0 Å². The number of rotatable bonds is 4. The van der Waals surface area contributed by atoms with Crippen LogP contribution in [0.2, 0.25) is 0 Å². The van der Waals surface area contributed by atoms with E-state index in [9.17, 15) is 9.59 Å². The van der Waals surface area contributed by atoms with Gasteiger partial charge in [-0.05, 0) is 45.2 Å². The van der Waals surface area contributed by atoms with E-state index in [0.29, 0.717) is 26.0 Å². The largest absolute Gasteiger partial charge is 0.373 e. The first-order chi connectivity index (χ1) is 11.2. The summed E-state index contributed by atoms with van der Waals surface area (Å²) in [7, 11) is 0. The zero-order valence-corrected chi connectivity index (χ0v) is 13.9. The Kier molecular flexibility index (Phi) is 5.54. The lowest BCUT2D eigenvalue weighted by atomic mass is 9.88. The van der Waals surface area contributed by atoms with Crippen molar-refractivity contribution in [2.45, 2.75) is 63.0 Å². The van der Waals surface area contributed by atoms with Crippen molar-refractivity contribution in [1.82, 2.24) is 15.5 Å². The number of nitrogens with zero attached hydrogens (tertiary/aromatic N) is 1. The summed E-state index contributed by atoms with van der Waals surface area (Å²) in [6.45, 7) is 3.96. The van der Waals surface area contributed by atoms with Crippen LogP contribution in [0.4, 0.5) is 0 Å². The molecule has 3 heterocycles. The quantitative estimate of drug-likeness (QED) is 0.803. The summed E-state index contributed by atoms with van der Waals surface area (Å²) in [5, 5.41) is 6.45. The number of hydrogen-bond acceptors (Lipinski definition) is 4. The summed E-state index contributed by atoms with van der Waals surface area (Å²) in [5.74, 6) is 0.245. The highest BCUT2D eigenvalue weighted by atomic mass is 16.5. The van der Waals surface area contributed by atoms with Gasteiger partial charge in [0.05, 0.1) is 18.2 Å². The van der Waals surface area contributed by atoms with Crippen LogP contribution in [-0.2, 0) is 14.3 Å². The van der Waals surface area contributed by atoms with Gasteiger partial charge in [-0.25, -0.2) is 0 Å². The van der Waals surface area contributed by atoms with Crippen molar-refractivity contribution in [3.63, 3.8) is 0 Å². The summed E-state index contributed by atoms with van der Waals surface area (Å²) < 4.78 is 6.00. The molecule has 0 saturated carbocycles. The molecule has 0 bridgehead atoms. The van der Waals surface area contributed by atoms with Gasteiger partial charge in [0.2, 0.25) is 11.8 Å². The Labute approximate surface area is 138 Å². The zero-order chi connectivity index (χ0) is 16.1. The van der Waals surface area contributed by atoms with Gasteiger partial charge < -0.3 is 20.3 Å². The van der Waals surface area contributed by atoms with Gasteiger partial charge in [-0.2, -0.15) is 0 Å². The minimum absolute atomic E-state index is 0.0239. The lowest BCUT2D eigenvalue weighted by Crippen LogP contribution is -2.43. The van der Waals surface area contributed by atoms with Crippen LogP contribution in [0.15, 0.2) is 0 Å². The molecule has 3 saturated heterocycles. The zero-order valence-electron chi connectivity index (χ0n) is 13.9. The topological polar surface area (TPSA) is 70.7 Å². The molecule has 3 aliphatic heterocycles. The number of nitrogens with one attached hydrogen (secondary N) is 2. The molecule has 0 aromatic rings. The molecule has 0 aromatic heterocycles. The van der Waals surface area contributed by atoms with E-state index in [2.05, 4.69) is 10.6 Å². The average molecular weight is 323 g/mol. The predicted molar refractivity (Wildman–Crippen MR) is 87.0 cm³/mol. The monoisotopic (exact) mass is 323 g/mol. The highest BCUT2D eigenvalue weighted by Crippen LogP contribution is 2.33. The number of carbonyl (C=O) groups excluding carboxylic acids is 2. The molecule has 1 spiro atoms. The molecule has 1 unspecified atom stereocenters. The first-order valence-electron chi connectivity index (χ1n) is 9.09. The first-order valence-corrected chi connectivity index (χ1v) is 9.09. The smallest absolute Gasteiger partial charge is 0.222 e. The van der Waals surface area contributed by atoms with E-state index < -0.39 is 0 Å². The van der Waals surface area contributed by atoms with Crippen LogP contribution in [0.25, 0.3) is 0 Å². The van der Waals surface area contributed by atoms with Crippen molar-refractivity contribution in [2.24, 2.45) is 0 Å². The van der Waals surface area contributed by atoms with Crippen molar-refractivity contribution in [1.29, 1.82) is 0 Å². The molecule has 6 heteroatoms. The number of amides is 2. The minimum atomic E-state index is -0.0239. The molecule has 0 aliphatic carbocycles. The second-order valence-corrected chi connectivity index (χ2v) is 7.15.